The van der Waals surface area contributed by atoms with Crippen LogP contribution in [0.25, 0.3) is 10.9 Å². The highest BCUT2D eigenvalue weighted by molar-refractivity contribution is 5.96. The number of aryl methyl sites for hydroxylation is 1. The summed E-state index contributed by atoms with van der Waals surface area (Å²) < 4.78 is 40.4. The number of anilines is 1. The molecule has 0 saturated carbocycles. The second-order valence-corrected chi connectivity index (χ2v) is 8.60. The number of amides is 1. The third-order valence-electron chi connectivity index (χ3n) is 6.24. The number of carbonyl (C=O) groups is 1. The molecule has 4 rings (SSSR count). The number of nitrogens with one attached hydrogen (secondary N) is 1. The van der Waals surface area contributed by atoms with E-state index in [1.165, 1.54) is 6.20 Å². The van der Waals surface area contributed by atoms with Gasteiger partial charge < -0.3 is 15.1 Å². The molecule has 8 heteroatoms. The van der Waals surface area contributed by atoms with Crippen molar-refractivity contribution in [2.75, 3.05) is 38.1 Å². The summed E-state index contributed by atoms with van der Waals surface area (Å²) in [4.78, 5) is 20.8. The maximum atomic E-state index is 13.5. The number of rotatable bonds is 4. The van der Waals surface area contributed by atoms with E-state index in [4.69, 9.17) is 0 Å². The van der Waals surface area contributed by atoms with Crippen LogP contribution in [0, 0.1) is 12.8 Å². The van der Waals surface area contributed by atoms with Crippen LogP contribution in [0.1, 0.15) is 30.4 Å². The Morgan fingerprint density at radius 2 is 2.00 bits per heavy atom. The van der Waals surface area contributed by atoms with E-state index in [9.17, 15) is 18.0 Å². The van der Waals surface area contributed by atoms with Crippen molar-refractivity contribution in [1.82, 2.24) is 15.2 Å². The zero-order valence-corrected chi connectivity index (χ0v) is 17.3. The first-order chi connectivity index (χ1) is 14.2. The molecule has 2 fully saturated rings. The number of benzene rings is 1. The Balaban J connectivity index is 1.50. The molecular weight excluding hydrogens is 393 g/mol. The lowest BCUT2D eigenvalue weighted by atomic mass is 10.0. The van der Waals surface area contributed by atoms with Gasteiger partial charge in [-0.25, -0.2) is 0 Å². The summed E-state index contributed by atoms with van der Waals surface area (Å²) >= 11 is 0. The highest BCUT2D eigenvalue weighted by Gasteiger charge is 2.35. The number of likely N-dealkylation sites (tertiary alicyclic amines) is 1. The fourth-order valence-corrected chi connectivity index (χ4v) is 4.74. The van der Waals surface area contributed by atoms with Crippen molar-refractivity contribution in [2.45, 2.75) is 38.4 Å². The predicted molar refractivity (Wildman–Crippen MR) is 110 cm³/mol. The Kier molecular flexibility index (Phi) is 5.61. The molecule has 1 aromatic carbocycles. The van der Waals surface area contributed by atoms with Crippen LogP contribution >= 0.6 is 0 Å². The normalized spacial score (nSPS) is 22.8. The molecule has 2 aliphatic rings. The molecule has 0 spiro atoms. The summed E-state index contributed by atoms with van der Waals surface area (Å²) in [5, 5.41) is 3.66. The second kappa shape index (κ2) is 8.06. The topological polar surface area (TPSA) is 48.5 Å². The number of halogens is 3. The number of fused-ring (bicyclic) bond motifs is 1. The maximum absolute atomic E-state index is 13.5. The minimum absolute atomic E-state index is 0.00551. The lowest BCUT2D eigenvalue weighted by Gasteiger charge is -2.23. The van der Waals surface area contributed by atoms with Gasteiger partial charge in [0.25, 0.3) is 0 Å². The average Bonchev–Trinajstić information content (AvgIpc) is 3.29. The second-order valence-electron chi connectivity index (χ2n) is 8.60. The standard InChI is InChI=1S/C22H27F3N4O/c1-14-5-8-26-21-17(22(23,24)25)3-4-18(20(14)21)29-10-7-16(13-29)27-19(30)11-15-6-9-28(2)12-15/h3-5,8,15-16H,6-7,9-13H2,1-2H3,(H,27,30)/t15-,16-/m0/s1. The molecule has 2 saturated heterocycles. The van der Waals surface area contributed by atoms with Crippen molar-refractivity contribution < 1.29 is 18.0 Å². The molecule has 0 bridgehead atoms. The van der Waals surface area contributed by atoms with Crippen molar-refractivity contribution in [3.63, 3.8) is 0 Å². The third-order valence-corrected chi connectivity index (χ3v) is 6.24. The monoisotopic (exact) mass is 420 g/mol. The van der Waals surface area contributed by atoms with E-state index in [0.29, 0.717) is 30.8 Å². The molecule has 3 heterocycles. The molecule has 162 valence electrons. The van der Waals surface area contributed by atoms with E-state index in [-0.39, 0.29) is 17.5 Å². The molecule has 1 amide bonds. The summed E-state index contributed by atoms with van der Waals surface area (Å²) in [5.74, 6) is 0.470. The van der Waals surface area contributed by atoms with Crippen LogP contribution in [0.5, 0.6) is 0 Å². The smallest absolute Gasteiger partial charge is 0.369 e. The number of alkyl halides is 3. The molecule has 1 N–H and O–H groups in total. The van der Waals surface area contributed by atoms with Crippen LogP contribution in [-0.4, -0.2) is 55.1 Å². The molecule has 5 nitrogen and oxygen atoms in total. The first kappa shape index (κ1) is 20.9. The Hall–Kier alpha value is -2.35. The van der Waals surface area contributed by atoms with E-state index in [2.05, 4.69) is 27.1 Å². The lowest BCUT2D eigenvalue weighted by Crippen LogP contribution is -2.38. The molecule has 1 aromatic heterocycles. The van der Waals surface area contributed by atoms with Gasteiger partial charge in [0, 0.05) is 49.4 Å². The SMILES string of the molecule is Cc1ccnc2c(C(F)(F)F)ccc(N3CC[C@H](NC(=O)C[C@@H]4CCN(C)C4)C3)c12. The van der Waals surface area contributed by atoms with Crippen molar-refractivity contribution >= 4 is 22.5 Å². The number of aromatic nitrogens is 1. The summed E-state index contributed by atoms with van der Waals surface area (Å²) in [6.45, 7) is 5.07. The molecule has 2 atom stereocenters. The Morgan fingerprint density at radius 1 is 1.20 bits per heavy atom. The van der Waals surface area contributed by atoms with Crippen LogP contribution in [0.4, 0.5) is 18.9 Å². The van der Waals surface area contributed by atoms with Crippen LogP contribution in [0.2, 0.25) is 0 Å². The van der Waals surface area contributed by atoms with Gasteiger partial charge in [-0.2, -0.15) is 13.2 Å². The highest BCUT2D eigenvalue weighted by atomic mass is 19.4. The van der Waals surface area contributed by atoms with Gasteiger partial charge >= 0.3 is 6.18 Å². The van der Waals surface area contributed by atoms with Gasteiger partial charge in [-0.05, 0) is 63.0 Å². The van der Waals surface area contributed by atoms with Crippen LogP contribution in [0.15, 0.2) is 24.4 Å². The molecule has 2 aromatic rings. The fraction of sp³-hybridized carbons (Fsp3) is 0.545. The summed E-state index contributed by atoms with van der Waals surface area (Å²) in [6, 6.07) is 4.40. The largest absolute Gasteiger partial charge is 0.418 e. The fourth-order valence-electron chi connectivity index (χ4n) is 4.74. The quantitative estimate of drug-likeness (QED) is 0.821. The summed E-state index contributed by atoms with van der Waals surface area (Å²) in [7, 11) is 2.07. The van der Waals surface area contributed by atoms with Crippen molar-refractivity contribution in [1.29, 1.82) is 0 Å². The van der Waals surface area contributed by atoms with E-state index in [1.807, 2.05) is 6.92 Å². The number of carbonyl (C=O) groups excluding carboxylic acids is 1. The van der Waals surface area contributed by atoms with Gasteiger partial charge in [-0.1, -0.05) is 0 Å². The van der Waals surface area contributed by atoms with Crippen molar-refractivity contribution in [3.05, 3.63) is 35.5 Å². The third kappa shape index (κ3) is 4.24. The Labute approximate surface area is 174 Å². The van der Waals surface area contributed by atoms with Gasteiger partial charge in [0.15, 0.2) is 0 Å². The van der Waals surface area contributed by atoms with Gasteiger partial charge in [0.05, 0.1) is 11.1 Å². The molecule has 30 heavy (non-hydrogen) atoms. The van der Waals surface area contributed by atoms with Crippen LogP contribution in [0.3, 0.4) is 0 Å². The minimum Gasteiger partial charge on any atom is -0.369 e. The lowest BCUT2D eigenvalue weighted by molar-refractivity contribution is -0.136. The molecule has 0 aliphatic carbocycles. The van der Waals surface area contributed by atoms with Gasteiger partial charge in [0.1, 0.15) is 0 Å². The van der Waals surface area contributed by atoms with Crippen molar-refractivity contribution in [3.8, 4) is 0 Å². The number of hydrogen-bond acceptors (Lipinski definition) is 4. The van der Waals surface area contributed by atoms with Gasteiger partial charge in [-0.3, -0.25) is 9.78 Å². The van der Waals surface area contributed by atoms with E-state index in [0.717, 1.165) is 43.2 Å². The first-order valence-corrected chi connectivity index (χ1v) is 10.4. The predicted octanol–water partition coefficient (Wildman–Crippen LogP) is 3.60. The zero-order valence-electron chi connectivity index (χ0n) is 17.3. The average molecular weight is 420 g/mol. The van der Waals surface area contributed by atoms with Crippen molar-refractivity contribution in [2.24, 2.45) is 5.92 Å². The number of nitrogens with zero attached hydrogens (tertiary/aromatic N) is 3. The molecule has 2 aliphatic heterocycles. The van der Waals surface area contributed by atoms with Gasteiger partial charge in [-0.15, -0.1) is 0 Å². The molecule has 0 radical (unpaired) electrons. The number of pyridine rings is 1. The zero-order chi connectivity index (χ0) is 21.5. The van der Waals surface area contributed by atoms with Crippen LogP contribution < -0.4 is 10.2 Å². The first-order valence-electron chi connectivity index (χ1n) is 10.4. The Morgan fingerprint density at radius 3 is 2.70 bits per heavy atom. The van der Waals surface area contributed by atoms with E-state index < -0.39 is 11.7 Å². The molecular formula is C22H27F3N4O. The number of hydrogen-bond donors (Lipinski definition) is 1. The molecule has 0 unspecified atom stereocenters. The van der Waals surface area contributed by atoms with E-state index >= 15 is 0 Å². The van der Waals surface area contributed by atoms with Gasteiger partial charge in [0.2, 0.25) is 5.91 Å². The maximum Gasteiger partial charge on any atom is 0.418 e. The summed E-state index contributed by atoms with van der Waals surface area (Å²) in [5.41, 5.74) is 0.782. The minimum atomic E-state index is -4.45. The summed E-state index contributed by atoms with van der Waals surface area (Å²) in [6.07, 6.45) is -0.673. The Bertz CT molecular complexity index is 946. The van der Waals surface area contributed by atoms with E-state index in [1.54, 1.807) is 12.1 Å². The highest BCUT2D eigenvalue weighted by Crippen LogP contribution is 2.39. The van der Waals surface area contributed by atoms with Crippen LogP contribution in [-0.2, 0) is 11.0 Å².